The van der Waals surface area contributed by atoms with Crippen LogP contribution in [-0.4, -0.2) is 11.6 Å². The normalized spacial score (nSPS) is 15.1. The van der Waals surface area contributed by atoms with Gasteiger partial charge in [-0.3, -0.25) is 0 Å². The van der Waals surface area contributed by atoms with Gasteiger partial charge < -0.3 is 0 Å². The Morgan fingerprint density at radius 3 is 2.47 bits per heavy atom. The van der Waals surface area contributed by atoms with Crippen LogP contribution < -0.4 is 5.01 Å². The molecule has 0 bridgehead atoms. The lowest BCUT2D eigenvalue weighted by atomic mass is 10.2. The molecule has 1 aromatic rings. The molecule has 0 atom stereocenters. The predicted octanol–water partition coefficient (Wildman–Crippen LogP) is 3.42. The van der Waals surface area contributed by atoms with E-state index in [-0.39, 0.29) is 11.6 Å². The van der Waals surface area contributed by atoms with E-state index < -0.39 is 17.5 Å². The van der Waals surface area contributed by atoms with E-state index in [1.54, 1.807) is 12.3 Å². The molecule has 0 N–H and O–H groups in total. The van der Waals surface area contributed by atoms with Crippen molar-refractivity contribution in [2.45, 2.75) is 6.42 Å². The zero-order valence-corrected chi connectivity index (χ0v) is 9.39. The summed E-state index contributed by atoms with van der Waals surface area (Å²) in [5.74, 6) is -3.76. The highest BCUT2D eigenvalue weighted by atomic mass is 35.5. The summed E-state index contributed by atoms with van der Waals surface area (Å²) in [6.45, 7) is 0. The third-order valence-electron chi connectivity index (χ3n) is 2.24. The first-order valence-electron chi connectivity index (χ1n) is 4.84. The van der Waals surface area contributed by atoms with Gasteiger partial charge in [0.1, 0.15) is 0 Å². The molecule has 0 amide bonds. The third kappa shape index (κ3) is 2.44. The molecule has 2 rings (SSSR count). The number of alkyl halides is 1. The Labute approximate surface area is 101 Å². The van der Waals surface area contributed by atoms with Crippen molar-refractivity contribution in [1.29, 1.82) is 0 Å². The maximum atomic E-state index is 13.0. The van der Waals surface area contributed by atoms with Crippen LogP contribution in [0.4, 0.5) is 18.9 Å². The predicted molar refractivity (Wildman–Crippen MR) is 60.7 cm³/mol. The van der Waals surface area contributed by atoms with Gasteiger partial charge in [0.25, 0.3) is 0 Å². The average molecular weight is 261 g/mol. The number of hydrazone groups is 1. The number of allylic oxidation sites excluding steroid dienone is 1. The maximum Gasteiger partial charge on any atom is 0.194 e. The van der Waals surface area contributed by atoms with Crippen molar-refractivity contribution in [2.75, 3.05) is 10.9 Å². The van der Waals surface area contributed by atoms with Gasteiger partial charge in [0.2, 0.25) is 0 Å². The van der Waals surface area contributed by atoms with Crippen molar-refractivity contribution in [3.63, 3.8) is 0 Å². The van der Waals surface area contributed by atoms with Crippen molar-refractivity contribution in [2.24, 2.45) is 5.10 Å². The van der Waals surface area contributed by atoms with Crippen LogP contribution in [0.1, 0.15) is 6.42 Å². The SMILES string of the molecule is Fc1cc(N2C=CCC(CCl)=N2)cc(F)c1F. The zero-order valence-electron chi connectivity index (χ0n) is 8.63. The molecule has 1 aliphatic rings. The number of anilines is 1. The first kappa shape index (κ1) is 12.0. The van der Waals surface area contributed by atoms with Gasteiger partial charge in [-0.15, -0.1) is 11.6 Å². The number of hydrogen-bond acceptors (Lipinski definition) is 2. The summed E-state index contributed by atoms with van der Waals surface area (Å²) >= 11 is 5.62. The Bertz CT molecular complexity index is 476. The molecule has 6 heteroatoms. The fourth-order valence-electron chi connectivity index (χ4n) is 1.41. The second kappa shape index (κ2) is 4.79. The molecule has 90 valence electrons. The van der Waals surface area contributed by atoms with E-state index >= 15 is 0 Å². The van der Waals surface area contributed by atoms with E-state index in [1.165, 1.54) is 5.01 Å². The largest absolute Gasteiger partial charge is 0.241 e. The summed E-state index contributed by atoms with van der Waals surface area (Å²) in [5.41, 5.74) is 0.777. The molecule has 1 aromatic carbocycles. The smallest absolute Gasteiger partial charge is 0.194 e. The molecule has 0 saturated heterocycles. The molecule has 0 aromatic heterocycles. The molecule has 0 unspecified atom stereocenters. The van der Waals surface area contributed by atoms with Crippen molar-refractivity contribution in [1.82, 2.24) is 0 Å². The van der Waals surface area contributed by atoms with Crippen LogP contribution in [0.3, 0.4) is 0 Å². The second-order valence-corrected chi connectivity index (χ2v) is 3.72. The molecule has 0 aliphatic carbocycles. The zero-order chi connectivity index (χ0) is 12.4. The number of halogens is 4. The molecular formula is C11H8ClF3N2. The summed E-state index contributed by atoms with van der Waals surface area (Å²) in [5, 5.41) is 5.31. The Kier molecular flexibility index (Phi) is 3.38. The van der Waals surface area contributed by atoms with E-state index in [9.17, 15) is 13.2 Å². The lowest BCUT2D eigenvalue weighted by Gasteiger charge is -2.19. The molecule has 0 saturated carbocycles. The van der Waals surface area contributed by atoms with Gasteiger partial charge in [-0.2, -0.15) is 5.10 Å². The van der Waals surface area contributed by atoms with E-state index in [4.69, 9.17) is 11.6 Å². The lowest BCUT2D eigenvalue weighted by molar-refractivity contribution is 0.447. The number of hydrogen-bond donors (Lipinski definition) is 0. The van der Waals surface area contributed by atoms with E-state index in [2.05, 4.69) is 5.10 Å². The number of benzene rings is 1. The topological polar surface area (TPSA) is 15.6 Å². The van der Waals surface area contributed by atoms with Gasteiger partial charge in [-0.25, -0.2) is 18.2 Å². The summed E-state index contributed by atoms with van der Waals surface area (Å²) in [7, 11) is 0. The van der Waals surface area contributed by atoms with Crippen molar-refractivity contribution >= 4 is 23.0 Å². The minimum Gasteiger partial charge on any atom is -0.241 e. The van der Waals surface area contributed by atoms with Gasteiger partial charge in [0, 0.05) is 24.8 Å². The summed E-state index contributed by atoms with van der Waals surface area (Å²) < 4.78 is 38.8. The molecule has 2 nitrogen and oxygen atoms in total. The minimum atomic E-state index is -1.49. The van der Waals surface area contributed by atoms with Crippen molar-refractivity contribution in [3.8, 4) is 0 Å². The van der Waals surface area contributed by atoms with Gasteiger partial charge >= 0.3 is 0 Å². The van der Waals surface area contributed by atoms with Crippen LogP contribution in [-0.2, 0) is 0 Å². The van der Waals surface area contributed by atoms with Gasteiger partial charge in [0.05, 0.1) is 17.3 Å². The first-order chi connectivity index (χ1) is 8.11. The van der Waals surface area contributed by atoms with Gasteiger partial charge in [-0.1, -0.05) is 6.08 Å². The van der Waals surface area contributed by atoms with Gasteiger partial charge in [0.15, 0.2) is 17.5 Å². The van der Waals surface area contributed by atoms with Crippen LogP contribution in [0, 0.1) is 17.5 Å². The molecule has 0 spiro atoms. The third-order valence-corrected chi connectivity index (χ3v) is 2.55. The monoisotopic (exact) mass is 260 g/mol. The highest BCUT2D eigenvalue weighted by Crippen LogP contribution is 2.23. The minimum absolute atomic E-state index is 0.111. The van der Waals surface area contributed by atoms with Gasteiger partial charge in [-0.05, 0) is 0 Å². The highest BCUT2D eigenvalue weighted by Gasteiger charge is 2.15. The number of nitrogens with zero attached hydrogens (tertiary/aromatic N) is 2. The lowest BCUT2D eigenvalue weighted by Crippen LogP contribution is -2.17. The quantitative estimate of drug-likeness (QED) is 0.588. The standard InChI is InChI=1S/C11H8ClF3N2/c12-6-7-2-1-3-17(16-7)8-4-9(13)11(15)10(14)5-8/h1,3-5H,2,6H2. The molecule has 0 radical (unpaired) electrons. The fraction of sp³-hybridized carbons (Fsp3) is 0.182. The molecular weight excluding hydrogens is 253 g/mol. The number of rotatable bonds is 2. The summed E-state index contributed by atoms with van der Waals surface area (Å²) in [6, 6.07) is 1.76. The molecule has 1 heterocycles. The van der Waals surface area contributed by atoms with Crippen LogP contribution in [0.15, 0.2) is 29.5 Å². The summed E-state index contributed by atoms with van der Waals surface area (Å²) in [4.78, 5) is 0. The Hall–Kier alpha value is -1.49. The molecule has 0 fully saturated rings. The van der Waals surface area contributed by atoms with E-state index in [0.29, 0.717) is 12.1 Å². The summed E-state index contributed by atoms with van der Waals surface area (Å²) in [6.07, 6.45) is 3.89. The van der Waals surface area contributed by atoms with Crippen LogP contribution in [0.5, 0.6) is 0 Å². The molecule has 17 heavy (non-hydrogen) atoms. The second-order valence-electron chi connectivity index (χ2n) is 3.46. The van der Waals surface area contributed by atoms with Crippen molar-refractivity contribution in [3.05, 3.63) is 41.9 Å². The molecule has 1 aliphatic heterocycles. The maximum absolute atomic E-state index is 13.0. The average Bonchev–Trinajstić information content (AvgIpc) is 2.35. The van der Waals surface area contributed by atoms with E-state index in [0.717, 1.165) is 12.1 Å². The Morgan fingerprint density at radius 1 is 1.24 bits per heavy atom. The van der Waals surface area contributed by atoms with Crippen LogP contribution in [0.2, 0.25) is 0 Å². The van der Waals surface area contributed by atoms with E-state index in [1.807, 2.05) is 0 Å². The van der Waals surface area contributed by atoms with Crippen LogP contribution in [0.25, 0.3) is 0 Å². The Balaban J connectivity index is 2.38. The van der Waals surface area contributed by atoms with Crippen molar-refractivity contribution < 1.29 is 13.2 Å². The highest BCUT2D eigenvalue weighted by molar-refractivity contribution is 6.28. The first-order valence-corrected chi connectivity index (χ1v) is 5.38. The Morgan fingerprint density at radius 2 is 1.88 bits per heavy atom. The fourth-order valence-corrected chi connectivity index (χ4v) is 1.58. The van der Waals surface area contributed by atoms with Crippen LogP contribution >= 0.6 is 11.6 Å².